The molecule has 20 heavy (non-hydrogen) atoms. The highest BCUT2D eigenvalue weighted by molar-refractivity contribution is 5.90. The molecule has 108 valence electrons. The van der Waals surface area contributed by atoms with E-state index in [0.717, 1.165) is 6.07 Å². The first-order valence-electron chi connectivity index (χ1n) is 5.88. The van der Waals surface area contributed by atoms with E-state index < -0.39 is 10.9 Å². The Morgan fingerprint density at radius 1 is 1.45 bits per heavy atom. The van der Waals surface area contributed by atoms with Crippen molar-refractivity contribution in [1.29, 1.82) is 0 Å². The first-order valence-corrected chi connectivity index (χ1v) is 5.88. The second-order valence-corrected chi connectivity index (χ2v) is 3.95. The molecule has 1 rings (SSSR count). The molecule has 1 aromatic carbocycles. The quantitative estimate of drug-likeness (QED) is 0.590. The van der Waals surface area contributed by atoms with E-state index in [9.17, 15) is 19.7 Å². The summed E-state index contributed by atoms with van der Waals surface area (Å²) in [4.78, 5) is 34.1. The molecule has 0 heterocycles. The maximum Gasteiger partial charge on any atom is 0.335 e. The molecule has 0 aliphatic heterocycles. The van der Waals surface area contributed by atoms with Gasteiger partial charge < -0.3 is 15.3 Å². The summed E-state index contributed by atoms with van der Waals surface area (Å²) < 4.78 is 0. The van der Waals surface area contributed by atoms with Crippen molar-refractivity contribution in [2.24, 2.45) is 0 Å². The molecule has 0 aromatic heterocycles. The molecule has 8 heteroatoms. The summed E-state index contributed by atoms with van der Waals surface area (Å²) in [5.74, 6) is -1.53. The molecule has 2 N–H and O–H groups in total. The van der Waals surface area contributed by atoms with Crippen LogP contribution in [0.3, 0.4) is 0 Å². The lowest BCUT2D eigenvalue weighted by Crippen LogP contribution is -2.35. The number of hydrogen-bond acceptors (Lipinski definition) is 5. The normalized spacial score (nSPS) is 9.90. The lowest BCUT2D eigenvalue weighted by atomic mass is 10.1. The van der Waals surface area contributed by atoms with E-state index in [2.05, 4.69) is 5.32 Å². The monoisotopic (exact) mass is 281 g/mol. The molecule has 0 spiro atoms. The Balaban J connectivity index is 3.24. The minimum Gasteiger partial charge on any atom is -0.478 e. The van der Waals surface area contributed by atoms with Crippen LogP contribution in [0, 0.1) is 10.1 Å². The molecule has 0 saturated carbocycles. The number of anilines is 1. The predicted molar refractivity (Wildman–Crippen MR) is 72.0 cm³/mol. The third-order valence-corrected chi connectivity index (χ3v) is 2.75. The maximum atomic E-state index is 11.4. The summed E-state index contributed by atoms with van der Waals surface area (Å²) in [6.45, 7) is 2.08. The van der Waals surface area contributed by atoms with Gasteiger partial charge in [-0.25, -0.2) is 4.79 Å². The zero-order valence-electron chi connectivity index (χ0n) is 11.1. The first-order chi connectivity index (χ1) is 9.40. The molecule has 1 aromatic rings. The number of carboxylic acids is 1. The van der Waals surface area contributed by atoms with Crippen LogP contribution in [0.4, 0.5) is 11.4 Å². The van der Waals surface area contributed by atoms with Crippen LogP contribution in [0.2, 0.25) is 0 Å². The SMILES string of the molecule is CCN(CC(=O)NC)c1ccc(C(=O)O)cc1[N+](=O)[O-]. The van der Waals surface area contributed by atoms with Crippen molar-refractivity contribution in [1.82, 2.24) is 5.32 Å². The lowest BCUT2D eigenvalue weighted by Gasteiger charge is -2.21. The Kier molecular flexibility index (Phi) is 5.01. The molecule has 0 saturated heterocycles. The van der Waals surface area contributed by atoms with E-state index in [1.807, 2.05) is 0 Å². The fourth-order valence-electron chi connectivity index (χ4n) is 1.69. The molecular weight excluding hydrogens is 266 g/mol. The molecule has 0 radical (unpaired) electrons. The third-order valence-electron chi connectivity index (χ3n) is 2.75. The molecule has 0 bridgehead atoms. The number of amides is 1. The van der Waals surface area contributed by atoms with Gasteiger partial charge in [0.15, 0.2) is 0 Å². The summed E-state index contributed by atoms with van der Waals surface area (Å²) >= 11 is 0. The van der Waals surface area contributed by atoms with Crippen molar-refractivity contribution < 1.29 is 19.6 Å². The van der Waals surface area contributed by atoms with Crippen molar-refractivity contribution in [2.75, 3.05) is 25.0 Å². The van der Waals surface area contributed by atoms with E-state index in [1.54, 1.807) is 6.92 Å². The van der Waals surface area contributed by atoms with Crippen molar-refractivity contribution in [3.8, 4) is 0 Å². The summed E-state index contributed by atoms with van der Waals surface area (Å²) in [6, 6.07) is 3.61. The zero-order valence-corrected chi connectivity index (χ0v) is 11.1. The number of nitro benzene ring substituents is 1. The van der Waals surface area contributed by atoms with E-state index in [4.69, 9.17) is 5.11 Å². The fraction of sp³-hybridized carbons (Fsp3) is 0.333. The number of carbonyl (C=O) groups excluding carboxylic acids is 1. The van der Waals surface area contributed by atoms with Crippen LogP contribution in [0.1, 0.15) is 17.3 Å². The van der Waals surface area contributed by atoms with E-state index in [0.29, 0.717) is 6.54 Å². The van der Waals surface area contributed by atoms with E-state index in [-0.39, 0.29) is 29.4 Å². The summed E-state index contributed by atoms with van der Waals surface area (Å²) in [5.41, 5.74) is -0.293. The smallest absolute Gasteiger partial charge is 0.335 e. The number of nitrogens with one attached hydrogen (secondary N) is 1. The molecule has 0 aliphatic carbocycles. The Bertz CT molecular complexity index is 544. The van der Waals surface area contributed by atoms with Crippen LogP contribution in [-0.2, 0) is 4.79 Å². The van der Waals surface area contributed by atoms with Gasteiger partial charge in [0.1, 0.15) is 5.69 Å². The van der Waals surface area contributed by atoms with E-state index >= 15 is 0 Å². The van der Waals surface area contributed by atoms with Crippen LogP contribution in [0.25, 0.3) is 0 Å². The topological polar surface area (TPSA) is 113 Å². The highest BCUT2D eigenvalue weighted by Crippen LogP contribution is 2.29. The van der Waals surface area contributed by atoms with Crippen LogP contribution in [-0.4, -0.2) is 42.0 Å². The third kappa shape index (κ3) is 3.44. The number of rotatable bonds is 6. The molecule has 1 amide bonds. The molecule has 0 atom stereocenters. The van der Waals surface area contributed by atoms with Crippen LogP contribution >= 0.6 is 0 Å². The Morgan fingerprint density at radius 2 is 2.10 bits per heavy atom. The van der Waals surface area contributed by atoms with Gasteiger partial charge in [0.25, 0.3) is 5.69 Å². The maximum absolute atomic E-state index is 11.4. The molecule has 8 nitrogen and oxygen atoms in total. The van der Waals surface area contributed by atoms with Crippen molar-refractivity contribution in [3.63, 3.8) is 0 Å². The van der Waals surface area contributed by atoms with Gasteiger partial charge >= 0.3 is 5.97 Å². The summed E-state index contributed by atoms with van der Waals surface area (Å²) in [6.07, 6.45) is 0. The average Bonchev–Trinajstić information content (AvgIpc) is 2.43. The largest absolute Gasteiger partial charge is 0.478 e. The molecule has 0 unspecified atom stereocenters. The number of aromatic carboxylic acids is 1. The number of nitrogens with zero attached hydrogens (tertiary/aromatic N) is 2. The summed E-state index contributed by atoms with van der Waals surface area (Å²) in [5, 5.41) is 22.4. The Labute approximate surface area is 115 Å². The zero-order chi connectivity index (χ0) is 15.3. The van der Waals surface area contributed by atoms with Gasteiger partial charge in [-0.2, -0.15) is 0 Å². The average molecular weight is 281 g/mol. The molecular formula is C12H15N3O5. The second-order valence-electron chi connectivity index (χ2n) is 3.95. The van der Waals surface area contributed by atoms with E-state index in [1.165, 1.54) is 24.1 Å². The van der Waals surface area contributed by atoms with Crippen LogP contribution in [0.15, 0.2) is 18.2 Å². The van der Waals surface area contributed by atoms with Gasteiger partial charge in [0.2, 0.25) is 5.91 Å². The van der Waals surface area contributed by atoms with Crippen molar-refractivity contribution in [2.45, 2.75) is 6.92 Å². The van der Waals surface area contributed by atoms with Crippen molar-refractivity contribution in [3.05, 3.63) is 33.9 Å². The van der Waals surface area contributed by atoms with Gasteiger partial charge in [0, 0.05) is 19.7 Å². The number of carboxylic acid groups (broad SMARTS) is 1. The van der Waals surface area contributed by atoms with Gasteiger partial charge in [0.05, 0.1) is 17.0 Å². The highest BCUT2D eigenvalue weighted by atomic mass is 16.6. The summed E-state index contributed by atoms with van der Waals surface area (Å²) in [7, 11) is 1.47. The predicted octanol–water partition coefficient (Wildman–Crippen LogP) is 0.865. The van der Waals surface area contributed by atoms with Crippen LogP contribution in [0.5, 0.6) is 0 Å². The van der Waals surface area contributed by atoms with Crippen LogP contribution < -0.4 is 10.2 Å². The molecule has 0 fully saturated rings. The number of likely N-dealkylation sites (N-methyl/N-ethyl adjacent to an activating group) is 2. The fourth-order valence-corrected chi connectivity index (χ4v) is 1.69. The minimum atomic E-state index is -1.24. The molecule has 0 aliphatic rings. The Hall–Kier alpha value is -2.64. The van der Waals surface area contributed by atoms with Gasteiger partial charge in [-0.3, -0.25) is 14.9 Å². The number of carbonyl (C=O) groups is 2. The first kappa shape index (κ1) is 15.4. The lowest BCUT2D eigenvalue weighted by molar-refractivity contribution is -0.384. The van der Waals surface area contributed by atoms with Gasteiger partial charge in [-0.15, -0.1) is 0 Å². The Morgan fingerprint density at radius 3 is 2.55 bits per heavy atom. The second kappa shape index (κ2) is 6.50. The van der Waals surface area contributed by atoms with Gasteiger partial charge in [-0.05, 0) is 19.1 Å². The number of benzene rings is 1. The number of nitro groups is 1. The number of hydrogen-bond donors (Lipinski definition) is 2. The van der Waals surface area contributed by atoms with Gasteiger partial charge in [-0.1, -0.05) is 0 Å². The minimum absolute atomic E-state index is 0.0414. The highest BCUT2D eigenvalue weighted by Gasteiger charge is 2.22. The van der Waals surface area contributed by atoms with Crippen molar-refractivity contribution >= 4 is 23.3 Å². The standard InChI is InChI=1S/C12H15N3O5/c1-3-14(7-11(16)13-2)9-5-4-8(12(17)18)6-10(9)15(19)20/h4-6H,3,7H2,1-2H3,(H,13,16)(H,17,18).